The molecule has 0 amide bonds. The molecule has 5 heteroatoms. The normalized spacial score (nSPS) is 13.7. The quantitative estimate of drug-likeness (QED) is 0.208. The summed E-state index contributed by atoms with van der Waals surface area (Å²) < 4.78 is 9.01. The Hall–Kier alpha value is -3.93. The fourth-order valence-electron chi connectivity index (χ4n) is 6.63. The zero-order valence-corrected chi connectivity index (χ0v) is 25.7. The zero-order chi connectivity index (χ0) is 28.6. The molecule has 0 spiro atoms. The van der Waals surface area contributed by atoms with E-state index in [1.165, 1.54) is 77.4 Å². The van der Waals surface area contributed by atoms with E-state index in [0.29, 0.717) is 0 Å². The predicted octanol–water partition coefficient (Wildman–Crippen LogP) is 9.35. The summed E-state index contributed by atoms with van der Waals surface area (Å²) in [6.45, 7) is 0. The van der Waals surface area contributed by atoms with Crippen LogP contribution in [0.2, 0.25) is 0 Å². The number of hydrogen-bond acceptors (Lipinski definition) is 5. The van der Waals surface area contributed by atoms with Crippen molar-refractivity contribution >= 4 is 45.9 Å². The average Bonchev–Trinajstić information content (AvgIpc) is 3.53. The standard InChI is InChI=1S/C38H33N3S2/c1-2-7-36-33(5-1)39-35-24-27(13-21-37(35)42-36)12-18-31-22-25-8-14-28(31)15-9-26-11-17-29(16-10-25)32(23-26)20-19-30-4-3-6-34-38(30)41-43-40-34/h1-8,11,13-14,17,21-24,39H,9-10,12,15-16,18-20H2. The maximum absolute atomic E-state index is 4.57. The van der Waals surface area contributed by atoms with Gasteiger partial charge < -0.3 is 5.32 Å². The Morgan fingerprint density at radius 3 is 2.09 bits per heavy atom. The molecule has 5 aromatic carbocycles. The van der Waals surface area contributed by atoms with Crippen LogP contribution in [0, 0.1) is 0 Å². The molecule has 0 saturated heterocycles. The molecule has 3 nitrogen and oxygen atoms in total. The minimum absolute atomic E-state index is 1.00. The van der Waals surface area contributed by atoms with Crippen molar-refractivity contribution in [3.63, 3.8) is 0 Å². The van der Waals surface area contributed by atoms with Gasteiger partial charge in [0.25, 0.3) is 0 Å². The van der Waals surface area contributed by atoms with Crippen LogP contribution < -0.4 is 5.32 Å². The lowest BCUT2D eigenvalue weighted by atomic mass is 9.88. The Morgan fingerprint density at radius 1 is 0.558 bits per heavy atom. The van der Waals surface area contributed by atoms with Crippen LogP contribution in [0.5, 0.6) is 0 Å². The van der Waals surface area contributed by atoms with Crippen molar-refractivity contribution in [2.24, 2.45) is 0 Å². The van der Waals surface area contributed by atoms with Gasteiger partial charge in [0.15, 0.2) is 0 Å². The molecule has 0 radical (unpaired) electrons. The molecule has 4 bridgehead atoms. The van der Waals surface area contributed by atoms with Crippen molar-refractivity contribution in [2.45, 2.75) is 61.2 Å². The maximum atomic E-state index is 4.57. The van der Waals surface area contributed by atoms with Gasteiger partial charge in [-0.3, -0.25) is 0 Å². The van der Waals surface area contributed by atoms with Gasteiger partial charge >= 0.3 is 0 Å². The van der Waals surface area contributed by atoms with E-state index in [2.05, 4.69) is 111 Å². The highest BCUT2D eigenvalue weighted by Crippen LogP contribution is 2.44. The molecule has 1 aromatic heterocycles. The second-order valence-electron chi connectivity index (χ2n) is 11.8. The lowest BCUT2D eigenvalue weighted by Gasteiger charge is -2.21. The third kappa shape index (κ3) is 5.60. The summed E-state index contributed by atoms with van der Waals surface area (Å²) in [4.78, 5) is 2.60. The highest BCUT2D eigenvalue weighted by atomic mass is 32.2. The minimum Gasteiger partial charge on any atom is -0.354 e. The lowest BCUT2D eigenvalue weighted by molar-refractivity contribution is 0.854. The van der Waals surface area contributed by atoms with E-state index in [4.69, 9.17) is 0 Å². The first kappa shape index (κ1) is 26.7. The first-order valence-corrected chi connectivity index (χ1v) is 16.9. The fraction of sp³-hybridized carbons (Fsp3) is 0.211. The molecule has 1 N–H and O–H groups in total. The number of para-hydroxylation sites is 1. The highest BCUT2D eigenvalue weighted by Gasteiger charge is 2.16. The number of nitrogens with one attached hydrogen (secondary N) is 1. The summed E-state index contributed by atoms with van der Waals surface area (Å²) in [6, 6.07) is 36.5. The number of fused-ring (bicyclic) bond motifs is 3. The van der Waals surface area contributed by atoms with E-state index in [1.54, 1.807) is 0 Å². The number of anilines is 2. The molecule has 5 aliphatic rings. The molecule has 0 unspecified atom stereocenters. The summed E-state index contributed by atoms with van der Waals surface area (Å²) in [5.74, 6) is 0. The van der Waals surface area contributed by atoms with Crippen LogP contribution in [0.25, 0.3) is 11.0 Å². The van der Waals surface area contributed by atoms with Gasteiger partial charge in [-0.25, -0.2) is 0 Å². The topological polar surface area (TPSA) is 37.8 Å². The van der Waals surface area contributed by atoms with Gasteiger partial charge in [0.1, 0.15) is 11.0 Å². The molecule has 212 valence electrons. The van der Waals surface area contributed by atoms with Crippen LogP contribution >= 0.6 is 23.5 Å². The first-order valence-electron chi connectivity index (χ1n) is 15.3. The SMILES string of the molecule is c1ccc2c(c1)Nc1cc(CCc3cc4ccc3CCc3ccc(c(CCc5cccc6nsnc56)c3)CC4)ccc1S2. The summed E-state index contributed by atoms with van der Waals surface area (Å²) in [5.41, 5.74) is 16.1. The van der Waals surface area contributed by atoms with E-state index in [1.807, 2.05) is 11.8 Å². The highest BCUT2D eigenvalue weighted by molar-refractivity contribution is 7.99. The molecule has 0 fully saturated rings. The molecule has 1 aliphatic heterocycles. The van der Waals surface area contributed by atoms with Crippen molar-refractivity contribution in [3.05, 3.63) is 142 Å². The number of nitrogens with zero attached hydrogens (tertiary/aromatic N) is 2. The van der Waals surface area contributed by atoms with Gasteiger partial charge in [-0.05, 0) is 126 Å². The zero-order valence-electron chi connectivity index (χ0n) is 24.1. The van der Waals surface area contributed by atoms with Gasteiger partial charge in [0.2, 0.25) is 0 Å². The van der Waals surface area contributed by atoms with E-state index in [9.17, 15) is 0 Å². The monoisotopic (exact) mass is 595 g/mol. The Balaban J connectivity index is 0.983. The van der Waals surface area contributed by atoms with Gasteiger partial charge in [-0.2, -0.15) is 8.75 Å². The van der Waals surface area contributed by atoms with Crippen LogP contribution in [0.1, 0.15) is 44.5 Å². The van der Waals surface area contributed by atoms with Gasteiger partial charge in [0.05, 0.1) is 23.1 Å². The summed E-state index contributed by atoms with van der Waals surface area (Å²) >= 11 is 3.17. The maximum Gasteiger partial charge on any atom is 0.107 e. The molecule has 2 heterocycles. The Bertz CT molecular complexity index is 1960. The summed E-state index contributed by atoms with van der Waals surface area (Å²) in [6.07, 6.45) is 8.48. The van der Waals surface area contributed by atoms with Crippen LogP contribution in [-0.4, -0.2) is 8.75 Å². The van der Waals surface area contributed by atoms with Crippen LogP contribution in [0.3, 0.4) is 0 Å². The van der Waals surface area contributed by atoms with Gasteiger partial charge in [-0.15, -0.1) is 0 Å². The van der Waals surface area contributed by atoms with Crippen LogP contribution in [-0.2, 0) is 51.4 Å². The van der Waals surface area contributed by atoms with Crippen LogP contribution in [0.4, 0.5) is 11.4 Å². The fourth-order valence-corrected chi connectivity index (χ4v) is 8.17. The van der Waals surface area contributed by atoms with Crippen molar-refractivity contribution in [3.8, 4) is 0 Å². The molecule has 11 rings (SSSR count). The molecular weight excluding hydrogens is 563 g/mol. The minimum atomic E-state index is 1.00. The van der Waals surface area contributed by atoms with Gasteiger partial charge in [-0.1, -0.05) is 78.5 Å². The average molecular weight is 596 g/mol. The summed E-state index contributed by atoms with van der Waals surface area (Å²) in [7, 11) is 0. The van der Waals surface area contributed by atoms with E-state index in [-0.39, 0.29) is 0 Å². The van der Waals surface area contributed by atoms with E-state index in [0.717, 1.165) is 62.4 Å². The molecule has 4 aliphatic carbocycles. The number of aromatic nitrogens is 2. The largest absolute Gasteiger partial charge is 0.354 e. The smallest absolute Gasteiger partial charge is 0.107 e. The first-order chi connectivity index (χ1) is 21.2. The number of hydrogen-bond donors (Lipinski definition) is 1. The predicted molar refractivity (Wildman–Crippen MR) is 180 cm³/mol. The van der Waals surface area contributed by atoms with E-state index >= 15 is 0 Å². The number of rotatable bonds is 6. The Labute approximate surface area is 261 Å². The van der Waals surface area contributed by atoms with Gasteiger partial charge in [0, 0.05) is 9.79 Å². The van der Waals surface area contributed by atoms with Crippen LogP contribution in [0.15, 0.2) is 107 Å². The molecule has 6 aromatic rings. The Morgan fingerprint density at radius 2 is 1.28 bits per heavy atom. The van der Waals surface area contributed by atoms with Crippen molar-refractivity contribution in [1.82, 2.24) is 8.75 Å². The number of benzene rings is 5. The third-order valence-electron chi connectivity index (χ3n) is 9.04. The Kier molecular flexibility index (Phi) is 7.22. The molecule has 0 atom stereocenters. The molecular formula is C38H33N3S2. The van der Waals surface area contributed by atoms with Crippen molar-refractivity contribution in [2.75, 3.05) is 5.32 Å². The van der Waals surface area contributed by atoms with E-state index < -0.39 is 0 Å². The summed E-state index contributed by atoms with van der Waals surface area (Å²) in [5, 5.41) is 3.66. The van der Waals surface area contributed by atoms with Crippen molar-refractivity contribution < 1.29 is 0 Å². The molecule has 0 saturated carbocycles. The lowest BCUT2D eigenvalue weighted by Crippen LogP contribution is -2.06. The second kappa shape index (κ2) is 11.6. The number of aryl methyl sites for hydroxylation is 8. The second-order valence-corrected chi connectivity index (χ2v) is 13.4. The molecule has 43 heavy (non-hydrogen) atoms. The third-order valence-corrected chi connectivity index (χ3v) is 10.7. The van der Waals surface area contributed by atoms with Crippen molar-refractivity contribution in [1.29, 1.82) is 0 Å².